The molecular formula is C17H17N3O. The average Bonchev–Trinajstić information content (AvgIpc) is 3.00. The van der Waals surface area contributed by atoms with Gasteiger partial charge in [0.05, 0.1) is 11.7 Å². The number of amides is 1. The van der Waals surface area contributed by atoms with Crippen LogP contribution in [-0.4, -0.2) is 22.6 Å². The number of carbonyl (C=O) groups is 1. The summed E-state index contributed by atoms with van der Waals surface area (Å²) in [6.45, 7) is 2.72. The maximum Gasteiger partial charge on any atom is 0.251 e. The van der Waals surface area contributed by atoms with Crippen LogP contribution in [0.2, 0.25) is 0 Å². The van der Waals surface area contributed by atoms with Crippen LogP contribution in [0.15, 0.2) is 54.7 Å². The molecule has 1 aromatic heterocycles. The molecule has 0 saturated carbocycles. The average molecular weight is 279 g/mol. The number of rotatable bonds is 4. The lowest BCUT2D eigenvalue weighted by Gasteiger charge is -2.13. The molecule has 2 aromatic carbocycles. The topological polar surface area (TPSA) is 57.8 Å². The number of aromatic nitrogens is 2. The van der Waals surface area contributed by atoms with Crippen molar-refractivity contribution < 1.29 is 4.79 Å². The Bertz CT molecular complexity index is 749. The number of nitrogens with zero attached hydrogens (tertiary/aromatic N) is 1. The third kappa shape index (κ3) is 2.94. The molecule has 0 aliphatic rings. The van der Waals surface area contributed by atoms with Crippen molar-refractivity contribution >= 4 is 16.8 Å². The van der Waals surface area contributed by atoms with Crippen LogP contribution in [0.25, 0.3) is 10.9 Å². The van der Waals surface area contributed by atoms with E-state index in [0.29, 0.717) is 12.1 Å². The summed E-state index contributed by atoms with van der Waals surface area (Å²) in [6, 6.07) is 15.7. The highest BCUT2D eigenvalue weighted by Crippen LogP contribution is 2.15. The predicted molar refractivity (Wildman–Crippen MR) is 83.3 cm³/mol. The summed E-state index contributed by atoms with van der Waals surface area (Å²) < 4.78 is 0. The molecule has 0 fully saturated rings. The smallest absolute Gasteiger partial charge is 0.251 e. The Morgan fingerprint density at radius 2 is 2.05 bits per heavy atom. The zero-order valence-corrected chi connectivity index (χ0v) is 11.8. The van der Waals surface area contributed by atoms with Crippen LogP contribution in [0.1, 0.15) is 28.8 Å². The number of benzene rings is 2. The Balaban J connectivity index is 1.66. The molecule has 0 saturated heterocycles. The minimum atomic E-state index is -0.0609. The first kappa shape index (κ1) is 13.4. The molecule has 1 atom stereocenters. The van der Waals surface area contributed by atoms with Crippen molar-refractivity contribution in [1.29, 1.82) is 0 Å². The van der Waals surface area contributed by atoms with Gasteiger partial charge in [0.2, 0.25) is 0 Å². The van der Waals surface area contributed by atoms with Crippen LogP contribution in [-0.2, 0) is 0 Å². The lowest BCUT2D eigenvalue weighted by Crippen LogP contribution is -2.27. The highest BCUT2D eigenvalue weighted by atomic mass is 16.1. The Morgan fingerprint density at radius 3 is 2.86 bits per heavy atom. The first-order valence-corrected chi connectivity index (χ1v) is 7.00. The highest BCUT2D eigenvalue weighted by molar-refractivity contribution is 5.97. The van der Waals surface area contributed by atoms with E-state index in [1.807, 2.05) is 36.4 Å². The molecule has 1 amide bonds. The second kappa shape index (κ2) is 5.79. The number of H-pyrrole nitrogens is 1. The number of fused-ring (bicyclic) bond motifs is 1. The number of hydrogen-bond donors (Lipinski definition) is 2. The third-order valence-electron chi connectivity index (χ3n) is 3.64. The van der Waals surface area contributed by atoms with Gasteiger partial charge < -0.3 is 5.32 Å². The van der Waals surface area contributed by atoms with E-state index >= 15 is 0 Å². The summed E-state index contributed by atoms with van der Waals surface area (Å²) in [7, 11) is 0. The fourth-order valence-electron chi connectivity index (χ4n) is 2.33. The maximum absolute atomic E-state index is 12.2. The van der Waals surface area contributed by atoms with E-state index in [1.54, 1.807) is 6.20 Å². The monoisotopic (exact) mass is 279 g/mol. The third-order valence-corrected chi connectivity index (χ3v) is 3.64. The van der Waals surface area contributed by atoms with E-state index in [0.717, 1.165) is 10.9 Å². The van der Waals surface area contributed by atoms with Gasteiger partial charge in [-0.1, -0.05) is 43.3 Å². The number of aromatic amines is 1. The summed E-state index contributed by atoms with van der Waals surface area (Å²) in [5.74, 6) is 0.223. The minimum absolute atomic E-state index is 0.0609. The lowest BCUT2D eigenvalue weighted by molar-refractivity contribution is 0.0952. The van der Waals surface area contributed by atoms with Crippen molar-refractivity contribution in [3.05, 3.63) is 65.9 Å². The fourth-order valence-corrected chi connectivity index (χ4v) is 2.33. The largest absolute Gasteiger partial charge is 0.351 e. The molecule has 1 unspecified atom stereocenters. The van der Waals surface area contributed by atoms with Gasteiger partial charge in [-0.25, -0.2) is 0 Å². The van der Waals surface area contributed by atoms with Gasteiger partial charge in [-0.15, -0.1) is 0 Å². The van der Waals surface area contributed by atoms with E-state index < -0.39 is 0 Å². The Kier molecular flexibility index (Phi) is 3.69. The van der Waals surface area contributed by atoms with E-state index in [-0.39, 0.29) is 11.8 Å². The molecule has 0 spiro atoms. The quantitative estimate of drug-likeness (QED) is 0.771. The predicted octanol–water partition coefficient (Wildman–Crippen LogP) is 3.10. The Hall–Kier alpha value is -2.62. The molecule has 0 aliphatic heterocycles. The van der Waals surface area contributed by atoms with Gasteiger partial charge in [0.1, 0.15) is 0 Å². The van der Waals surface area contributed by atoms with Gasteiger partial charge >= 0.3 is 0 Å². The summed E-state index contributed by atoms with van der Waals surface area (Å²) in [5, 5.41) is 10.8. The number of hydrogen-bond acceptors (Lipinski definition) is 2. The van der Waals surface area contributed by atoms with Crippen LogP contribution < -0.4 is 5.32 Å². The van der Waals surface area contributed by atoms with Crippen molar-refractivity contribution in [1.82, 2.24) is 15.5 Å². The van der Waals surface area contributed by atoms with Crippen molar-refractivity contribution in [2.45, 2.75) is 12.8 Å². The molecule has 21 heavy (non-hydrogen) atoms. The normalized spacial score (nSPS) is 12.2. The molecule has 3 rings (SSSR count). The molecule has 0 bridgehead atoms. The van der Waals surface area contributed by atoms with Crippen LogP contribution >= 0.6 is 0 Å². The highest BCUT2D eigenvalue weighted by Gasteiger charge is 2.10. The zero-order valence-electron chi connectivity index (χ0n) is 11.8. The van der Waals surface area contributed by atoms with Gasteiger partial charge in [0.15, 0.2) is 0 Å². The maximum atomic E-state index is 12.2. The number of carbonyl (C=O) groups excluding carboxylic acids is 1. The minimum Gasteiger partial charge on any atom is -0.351 e. The van der Waals surface area contributed by atoms with Gasteiger partial charge in [0, 0.05) is 17.5 Å². The van der Waals surface area contributed by atoms with Gasteiger partial charge in [0.25, 0.3) is 5.91 Å². The lowest BCUT2D eigenvalue weighted by atomic mass is 10.0. The first-order valence-electron chi connectivity index (χ1n) is 7.00. The zero-order chi connectivity index (χ0) is 14.7. The molecule has 1 heterocycles. The number of nitrogens with one attached hydrogen (secondary N) is 2. The van der Waals surface area contributed by atoms with Crippen LogP contribution in [0, 0.1) is 0 Å². The van der Waals surface area contributed by atoms with E-state index in [4.69, 9.17) is 0 Å². The van der Waals surface area contributed by atoms with Crippen molar-refractivity contribution in [3.8, 4) is 0 Å². The summed E-state index contributed by atoms with van der Waals surface area (Å²) in [6.07, 6.45) is 1.74. The molecule has 3 aromatic rings. The molecule has 0 radical (unpaired) electrons. The van der Waals surface area contributed by atoms with Crippen molar-refractivity contribution in [2.24, 2.45) is 0 Å². The van der Waals surface area contributed by atoms with Crippen molar-refractivity contribution in [3.63, 3.8) is 0 Å². The second-order valence-electron chi connectivity index (χ2n) is 5.19. The summed E-state index contributed by atoms with van der Waals surface area (Å²) in [4.78, 5) is 12.2. The molecule has 106 valence electrons. The fraction of sp³-hybridized carbons (Fsp3) is 0.176. The van der Waals surface area contributed by atoms with Crippen LogP contribution in [0.4, 0.5) is 0 Å². The van der Waals surface area contributed by atoms with Gasteiger partial charge in [-0.05, 0) is 23.6 Å². The van der Waals surface area contributed by atoms with Crippen LogP contribution in [0.5, 0.6) is 0 Å². The first-order chi connectivity index (χ1) is 10.2. The molecular weight excluding hydrogens is 262 g/mol. The second-order valence-corrected chi connectivity index (χ2v) is 5.19. The standard InChI is InChI=1S/C17H17N3O/c1-12(13-5-3-2-4-6-13)10-18-17(21)14-7-8-15-11-19-20-16(15)9-14/h2-9,11-12H,10H2,1H3,(H,18,21)(H,19,20). The van der Waals surface area contributed by atoms with E-state index in [1.165, 1.54) is 5.56 Å². The summed E-state index contributed by atoms with van der Waals surface area (Å²) in [5.41, 5.74) is 2.74. The van der Waals surface area contributed by atoms with E-state index in [2.05, 4.69) is 34.6 Å². The van der Waals surface area contributed by atoms with Crippen LogP contribution in [0.3, 0.4) is 0 Å². The molecule has 2 N–H and O–H groups in total. The summed E-state index contributed by atoms with van der Waals surface area (Å²) >= 11 is 0. The SMILES string of the molecule is CC(CNC(=O)c1ccc2cn[nH]c2c1)c1ccccc1. The molecule has 4 heteroatoms. The van der Waals surface area contributed by atoms with Crippen molar-refractivity contribution in [2.75, 3.05) is 6.54 Å². The Labute approximate surface area is 123 Å². The van der Waals surface area contributed by atoms with Gasteiger partial charge in [-0.2, -0.15) is 5.10 Å². The van der Waals surface area contributed by atoms with E-state index in [9.17, 15) is 4.79 Å². The Morgan fingerprint density at radius 1 is 1.24 bits per heavy atom. The molecule has 0 aliphatic carbocycles. The van der Waals surface area contributed by atoms with Gasteiger partial charge in [-0.3, -0.25) is 9.89 Å². The molecule has 4 nitrogen and oxygen atoms in total.